The second-order valence-electron chi connectivity index (χ2n) is 6.42. The van der Waals surface area contributed by atoms with Crippen LogP contribution in [0.1, 0.15) is 16.7 Å². The van der Waals surface area contributed by atoms with E-state index >= 15 is 0 Å². The molecule has 0 fully saturated rings. The van der Waals surface area contributed by atoms with Crippen molar-refractivity contribution in [1.29, 1.82) is 5.26 Å². The molecule has 0 unspecified atom stereocenters. The van der Waals surface area contributed by atoms with Gasteiger partial charge in [-0.2, -0.15) is 5.26 Å². The van der Waals surface area contributed by atoms with Crippen molar-refractivity contribution in [2.24, 2.45) is 0 Å². The number of allylic oxidation sites excluding steroid dienone is 1. The summed E-state index contributed by atoms with van der Waals surface area (Å²) >= 11 is 5.88. The van der Waals surface area contributed by atoms with E-state index in [4.69, 9.17) is 16.3 Å². The van der Waals surface area contributed by atoms with Crippen LogP contribution >= 0.6 is 11.6 Å². The summed E-state index contributed by atoms with van der Waals surface area (Å²) in [6.45, 7) is 2.21. The third kappa shape index (κ3) is 5.26. The van der Waals surface area contributed by atoms with Crippen LogP contribution in [0.3, 0.4) is 0 Å². The first kappa shape index (κ1) is 20.7. The predicted octanol–water partition coefficient (Wildman–Crippen LogP) is 5.57. The Morgan fingerprint density at radius 2 is 1.76 bits per heavy atom. The molecule has 0 heterocycles. The quantitative estimate of drug-likeness (QED) is 0.486. The summed E-state index contributed by atoms with van der Waals surface area (Å²) < 4.78 is 31.3. The van der Waals surface area contributed by atoms with Gasteiger partial charge in [0.05, 0.1) is 4.90 Å². The molecule has 4 nitrogen and oxygen atoms in total. The summed E-state index contributed by atoms with van der Waals surface area (Å²) in [5, 5.41) is 10.1. The topological polar surface area (TPSA) is 67.2 Å². The summed E-state index contributed by atoms with van der Waals surface area (Å²) in [4.78, 5) is -0.234. The molecule has 0 aliphatic heterocycles. The van der Waals surface area contributed by atoms with Crippen molar-refractivity contribution in [1.82, 2.24) is 0 Å². The molecule has 3 aromatic carbocycles. The maximum atomic E-state index is 12.8. The average molecular weight is 424 g/mol. The lowest BCUT2D eigenvalue weighted by molar-refractivity contribution is 0.306. The highest BCUT2D eigenvalue weighted by Crippen LogP contribution is 2.23. The van der Waals surface area contributed by atoms with E-state index in [1.54, 1.807) is 54.6 Å². The number of hydrogen-bond acceptors (Lipinski definition) is 4. The summed E-state index contributed by atoms with van der Waals surface area (Å²) in [7, 11) is -3.89. The zero-order chi connectivity index (χ0) is 20.9. The molecule has 0 bridgehead atoms. The molecule has 6 heteroatoms. The number of benzene rings is 3. The molecule has 0 N–H and O–H groups in total. The molecule has 0 atom stereocenters. The lowest BCUT2D eigenvalue weighted by Gasteiger charge is -2.08. The van der Waals surface area contributed by atoms with Gasteiger partial charge in [0.1, 0.15) is 23.3 Å². The summed E-state index contributed by atoms with van der Waals surface area (Å²) in [5.74, 6) is 0.568. The van der Waals surface area contributed by atoms with Crippen LogP contribution in [-0.4, -0.2) is 8.42 Å². The Morgan fingerprint density at radius 1 is 1.07 bits per heavy atom. The molecule has 0 aliphatic carbocycles. The third-order valence-corrected chi connectivity index (χ3v) is 6.14. The number of halogens is 1. The lowest BCUT2D eigenvalue weighted by atomic mass is 10.2. The van der Waals surface area contributed by atoms with E-state index in [2.05, 4.69) is 0 Å². The standard InChI is InChI=1S/C23H18ClNO3S/c1-17-5-11-22(12-6-17)29(26,27)23(15-25)14-19-3-2-4-21(13-19)28-16-18-7-9-20(24)10-8-18/h2-14H,16H2,1H3. The van der Waals surface area contributed by atoms with Gasteiger partial charge in [0.2, 0.25) is 9.84 Å². The molecule has 0 spiro atoms. The number of nitrogens with zero attached hydrogens (tertiary/aromatic N) is 1. The highest BCUT2D eigenvalue weighted by molar-refractivity contribution is 7.95. The van der Waals surface area contributed by atoms with Gasteiger partial charge in [-0.05, 0) is 60.5 Å². The van der Waals surface area contributed by atoms with Gasteiger partial charge >= 0.3 is 0 Å². The Bertz CT molecular complexity index is 1180. The van der Waals surface area contributed by atoms with Crippen molar-refractivity contribution >= 4 is 27.5 Å². The van der Waals surface area contributed by atoms with Crippen molar-refractivity contribution in [3.8, 4) is 11.8 Å². The van der Waals surface area contributed by atoms with Crippen LogP contribution in [0.15, 0.2) is 82.6 Å². The van der Waals surface area contributed by atoms with Crippen LogP contribution in [0.4, 0.5) is 0 Å². The largest absolute Gasteiger partial charge is 0.489 e. The van der Waals surface area contributed by atoms with Gasteiger partial charge in [-0.1, -0.05) is 53.6 Å². The van der Waals surface area contributed by atoms with E-state index in [-0.39, 0.29) is 9.80 Å². The minimum absolute atomic E-state index is 0.0889. The van der Waals surface area contributed by atoms with Crippen molar-refractivity contribution < 1.29 is 13.2 Å². The molecule has 0 aliphatic rings. The van der Waals surface area contributed by atoms with Gasteiger partial charge in [0.25, 0.3) is 0 Å². The lowest BCUT2D eigenvalue weighted by Crippen LogP contribution is -2.03. The highest BCUT2D eigenvalue weighted by Gasteiger charge is 2.20. The van der Waals surface area contributed by atoms with Crippen molar-refractivity contribution in [2.45, 2.75) is 18.4 Å². The fourth-order valence-electron chi connectivity index (χ4n) is 2.61. The van der Waals surface area contributed by atoms with Crippen LogP contribution in [0, 0.1) is 18.3 Å². The summed E-state index contributed by atoms with van der Waals surface area (Å²) in [6.07, 6.45) is 1.35. The Balaban J connectivity index is 1.82. The molecule has 146 valence electrons. The second kappa shape index (κ2) is 8.95. The zero-order valence-corrected chi connectivity index (χ0v) is 17.2. The first-order chi connectivity index (χ1) is 13.9. The number of hydrogen-bond donors (Lipinski definition) is 0. The predicted molar refractivity (Wildman–Crippen MR) is 114 cm³/mol. The first-order valence-corrected chi connectivity index (χ1v) is 10.7. The normalized spacial score (nSPS) is 11.7. The first-order valence-electron chi connectivity index (χ1n) is 8.79. The summed E-state index contributed by atoms with van der Waals surface area (Å²) in [6, 6.07) is 22.5. The average Bonchev–Trinajstić information content (AvgIpc) is 2.72. The Labute approximate surface area is 175 Å². The van der Waals surface area contributed by atoms with E-state index in [9.17, 15) is 13.7 Å². The van der Waals surface area contributed by atoms with Crippen LogP contribution < -0.4 is 4.74 Å². The van der Waals surface area contributed by atoms with Gasteiger partial charge in [-0.25, -0.2) is 8.42 Å². The number of nitriles is 1. The monoisotopic (exact) mass is 423 g/mol. The van der Waals surface area contributed by atoms with E-state index in [0.717, 1.165) is 11.1 Å². The third-order valence-electron chi connectivity index (χ3n) is 4.21. The molecule has 0 radical (unpaired) electrons. The Morgan fingerprint density at radius 3 is 2.41 bits per heavy atom. The smallest absolute Gasteiger partial charge is 0.216 e. The molecule has 0 aromatic heterocycles. The molecule has 3 rings (SSSR count). The zero-order valence-electron chi connectivity index (χ0n) is 15.7. The number of sulfone groups is 1. The number of rotatable bonds is 6. The Kier molecular flexibility index (Phi) is 6.38. The van der Waals surface area contributed by atoms with Crippen LogP contribution in [0.2, 0.25) is 5.02 Å². The fourth-order valence-corrected chi connectivity index (χ4v) is 3.89. The minimum atomic E-state index is -3.89. The van der Waals surface area contributed by atoms with Gasteiger partial charge in [-0.15, -0.1) is 0 Å². The van der Waals surface area contributed by atoms with Crippen LogP contribution in [-0.2, 0) is 16.4 Å². The molecule has 3 aromatic rings. The maximum absolute atomic E-state index is 12.8. The van der Waals surface area contributed by atoms with E-state index in [0.29, 0.717) is 22.9 Å². The highest BCUT2D eigenvalue weighted by atomic mass is 35.5. The summed E-state index contributed by atoms with van der Waals surface area (Å²) in [5.41, 5.74) is 2.46. The molecular weight excluding hydrogens is 406 g/mol. The molecule has 0 saturated heterocycles. The maximum Gasteiger partial charge on any atom is 0.216 e. The van der Waals surface area contributed by atoms with Crippen LogP contribution in [0.5, 0.6) is 5.75 Å². The van der Waals surface area contributed by atoms with Crippen molar-refractivity contribution in [3.63, 3.8) is 0 Å². The fraction of sp³-hybridized carbons (Fsp3) is 0.0870. The van der Waals surface area contributed by atoms with Crippen molar-refractivity contribution in [3.05, 3.63) is 99.4 Å². The Hall–Kier alpha value is -3.07. The van der Waals surface area contributed by atoms with E-state index in [1.165, 1.54) is 18.2 Å². The van der Waals surface area contributed by atoms with Crippen LogP contribution in [0.25, 0.3) is 6.08 Å². The minimum Gasteiger partial charge on any atom is -0.489 e. The van der Waals surface area contributed by atoms with Gasteiger partial charge in [-0.3, -0.25) is 0 Å². The van der Waals surface area contributed by atoms with Gasteiger partial charge in [0, 0.05) is 5.02 Å². The number of ether oxygens (including phenoxy) is 1. The van der Waals surface area contributed by atoms with E-state index < -0.39 is 9.84 Å². The van der Waals surface area contributed by atoms with Gasteiger partial charge < -0.3 is 4.74 Å². The molecule has 0 amide bonds. The number of aryl methyl sites for hydroxylation is 1. The second-order valence-corrected chi connectivity index (χ2v) is 8.78. The molecule has 0 saturated carbocycles. The SMILES string of the molecule is Cc1ccc(S(=O)(=O)C(C#N)=Cc2cccc(OCc3ccc(Cl)cc3)c2)cc1. The van der Waals surface area contributed by atoms with Crippen molar-refractivity contribution in [2.75, 3.05) is 0 Å². The molecular formula is C23H18ClNO3S. The van der Waals surface area contributed by atoms with E-state index in [1.807, 2.05) is 19.1 Å². The van der Waals surface area contributed by atoms with Gasteiger partial charge in [0.15, 0.2) is 0 Å². The molecule has 29 heavy (non-hydrogen) atoms.